The van der Waals surface area contributed by atoms with Crippen molar-refractivity contribution in [2.45, 2.75) is 34.9 Å². The van der Waals surface area contributed by atoms with Gasteiger partial charge in [-0.05, 0) is 18.8 Å². The average Bonchev–Trinajstić information content (AvgIpc) is 3.24. The maximum absolute atomic E-state index is 13.9. The topological polar surface area (TPSA) is 151 Å². The molecule has 1 saturated carbocycles. The zero-order valence-corrected chi connectivity index (χ0v) is 24.5. The van der Waals surface area contributed by atoms with E-state index in [0.29, 0.717) is 5.57 Å². The van der Waals surface area contributed by atoms with Crippen LogP contribution in [0.25, 0.3) is 0 Å². The molecule has 2 saturated heterocycles. The normalized spacial score (nSPS) is 33.0. The van der Waals surface area contributed by atoms with Crippen LogP contribution < -0.4 is 9.47 Å². The number of fused-ring (bicyclic) bond motifs is 4. The Morgan fingerprint density at radius 3 is 2.23 bits per heavy atom. The molecule has 0 spiro atoms. The number of benzene rings is 1. The van der Waals surface area contributed by atoms with Gasteiger partial charge in [-0.25, -0.2) is 0 Å². The molecule has 5 rings (SSSR count). The quantitative estimate of drug-likeness (QED) is 0.195. The van der Waals surface area contributed by atoms with E-state index < -0.39 is 69.4 Å². The number of carbonyl (C=O) groups is 5. The number of hydrogen-bond donors (Lipinski definition) is 2. The van der Waals surface area contributed by atoms with Crippen LogP contribution in [0.15, 0.2) is 23.8 Å². The Hall–Kier alpha value is -2.83. The number of hydrogen-bond acceptors (Lipinski definition) is 8. The number of carbonyl (C=O) groups excluding carboxylic acids is 4. The van der Waals surface area contributed by atoms with Crippen molar-refractivity contribution in [3.05, 3.63) is 29.3 Å². The minimum absolute atomic E-state index is 0.110. The minimum atomic E-state index is -2.08. The number of halogens is 3. The van der Waals surface area contributed by atoms with Gasteiger partial charge in [0.2, 0.25) is 11.8 Å². The van der Waals surface area contributed by atoms with Gasteiger partial charge in [-0.3, -0.25) is 33.8 Å². The van der Waals surface area contributed by atoms with E-state index in [1.54, 1.807) is 6.08 Å². The second kappa shape index (κ2) is 9.92. The van der Waals surface area contributed by atoms with Gasteiger partial charge in [0.15, 0.2) is 9.75 Å². The summed E-state index contributed by atoms with van der Waals surface area (Å²) in [4.78, 5) is 63.4. The molecule has 0 bridgehead atoms. The number of amides is 4. The molecule has 0 radical (unpaired) electrons. The lowest BCUT2D eigenvalue weighted by atomic mass is 9.56. The van der Waals surface area contributed by atoms with Crippen molar-refractivity contribution >= 4 is 68.7 Å². The van der Waals surface area contributed by atoms with Gasteiger partial charge in [0.25, 0.3) is 11.8 Å². The molecule has 2 aliphatic heterocycles. The number of methoxy groups -OCH3 is 2. The molecule has 0 unspecified atom stereocenters. The first kappa shape index (κ1) is 28.7. The van der Waals surface area contributed by atoms with Gasteiger partial charge < -0.3 is 19.7 Å². The highest BCUT2D eigenvalue weighted by Crippen LogP contribution is 2.67. The van der Waals surface area contributed by atoms with Crippen molar-refractivity contribution in [1.82, 2.24) is 9.80 Å². The number of phenolic OH excluding ortho intramolecular Hbond substituents is 1. The molecule has 40 heavy (non-hydrogen) atoms. The lowest BCUT2D eigenvalue weighted by Gasteiger charge is -2.51. The highest BCUT2D eigenvalue weighted by molar-refractivity contribution is 9.09. The van der Waals surface area contributed by atoms with Crippen LogP contribution in [-0.4, -0.2) is 85.6 Å². The summed E-state index contributed by atoms with van der Waals surface area (Å²) >= 11 is 17.6. The van der Waals surface area contributed by atoms with Crippen LogP contribution in [0.4, 0.5) is 0 Å². The molecule has 0 aromatic heterocycles. The maximum atomic E-state index is 13.9. The molecule has 6 atom stereocenters. The van der Waals surface area contributed by atoms with E-state index in [1.807, 2.05) is 0 Å². The predicted molar refractivity (Wildman–Crippen MR) is 144 cm³/mol. The van der Waals surface area contributed by atoms with Crippen LogP contribution in [0.2, 0.25) is 0 Å². The minimum Gasteiger partial charge on any atom is -0.508 e. The average molecular weight is 660 g/mol. The number of rotatable bonds is 7. The number of ether oxygens (including phenoxy) is 2. The summed E-state index contributed by atoms with van der Waals surface area (Å²) < 4.78 is 11.1. The van der Waals surface area contributed by atoms with Gasteiger partial charge in [0.1, 0.15) is 17.2 Å². The van der Waals surface area contributed by atoms with Gasteiger partial charge in [0.05, 0.1) is 37.9 Å². The molecule has 11 nitrogen and oxygen atoms in total. The Morgan fingerprint density at radius 1 is 1.05 bits per heavy atom. The van der Waals surface area contributed by atoms with Crippen molar-refractivity contribution in [2.24, 2.45) is 17.8 Å². The third-order valence-corrected chi connectivity index (χ3v) is 10.4. The van der Waals surface area contributed by atoms with Crippen molar-refractivity contribution in [1.29, 1.82) is 0 Å². The molecule has 2 heterocycles. The molecular formula is C26H25BrCl2N2O9. The Kier molecular flexibility index (Phi) is 7.11. The smallest absolute Gasteiger partial charge is 0.305 e. The molecule has 14 heteroatoms. The number of imide groups is 2. The van der Waals surface area contributed by atoms with E-state index in [0.717, 1.165) is 9.80 Å². The van der Waals surface area contributed by atoms with Crippen LogP contribution in [0.5, 0.6) is 17.2 Å². The van der Waals surface area contributed by atoms with E-state index in [-0.39, 0.29) is 47.7 Å². The highest BCUT2D eigenvalue weighted by atomic mass is 79.9. The van der Waals surface area contributed by atoms with Crippen molar-refractivity contribution in [3.63, 3.8) is 0 Å². The van der Waals surface area contributed by atoms with Gasteiger partial charge in [-0.15, -0.1) is 23.2 Å². The zero-order valence-electron chi connectivity index (χ0n) is 21.4. The zero-order chi connectivity index (χ0) is 29.3. The molecule has 4 aliphatic rings. The van der Waals surface area contributed by atoms with Crippen molar-refractivity contribution in [3.8, 4) is 17.2 Å². The van der Waals surface area contributed by atoms with Gasteiger partial charge in [-0.1, -0.05) is 27.6 Å². The summed E-state index contributed by atoms with van der Waals surface area (Å²) in [7, 11) is 2.70. The van der Waals surface area contributed by atoms with Gasteiger partial charge in [-0.2, -0.15) is 0 Å². The largest absolute Gasteiger partial charge is 0.508 e. The Balaban J connectivity index is 1.74. The van der Waals surface area contributed by atoms with Gasteiger partial charge >= 0.3 is 5.97 Å². The molecule has 2 N–H and O–H groups in total. The second-order valence-electron chi connectivity index (χ2n) is 10.2. The fraction of sp³-hybridized carbons (Fsp3) is 0.500. The monoisotopic (exact) mass is 658 g/mol. The van der Waals surface area contributed by atoms with Crippen LogP contribution in [0, 0.1) is 17.8 Å². The molecule has 1 aromatic rings. The molecule has 2 aliphatic carbocycles. The lowest BCUT2D eigenvalue weighted by Crippen LogP contribution is -2.60. The first-order valence-electron chi connectivity index (χ1n) is 12.4. The van der Waals surface area contributed by atoms with Crippen molar-refractivity contribution < 1.29 is 43.7 Å². The highest BCUT2D eigenvalue weighted by Gasteiger charge is 2.76. The Morgan fingerprint density at radius 2 is 1.68 bits per heavy atom. The number of alkyl halides is 3. The van der Waals surface area contributed by atoms with Gasteiger partial charge in [0, 0.05) is 30.2 Å². The summed E-state index contributed by atoms with van der Waals surface area (Å²) in [5.41, 5.74) is 0.572. The standard InChI is InChI=1S/C26H25BrCl2N2O9/c1-39-15-7-11(32)8-16(40-2)19(15)20-12-3-4-13-18(22(36)30(21(13)35)6-5-17(33)34)14(12)9-25(28)23(37)31(10-27)24(38)26(20,25)29/h3,7-8,13-14,18,20,32H,4-6,9-10H2,1-2H3,(H,33,34)/t13-,14+,18-,20+,25+,26-/m0/s1. The number of nitrogens with zero attached hydrogens (tertiary/aromatic N) is 2. The van der Waals surface area contributed by atoms with E-state index >= 15 is 0 Å². The number of likely N-dealkylation sites (tertiary alicyclic amines) is 2. The van der Waals surface area contributed by atoms with E-state index in [1.165, 1.54) is 26.4 Å². The molecule has 214 valence electrons. The SMILES string of the molecule is COc1cc(O)cc(OC)c1[C@H]1C2=CC[C@@H]3C(=O)N(CCC(=O)O)C(=O)[C@@H]3[C@@H]2C[C@@]2(Cl)C(=O)N(CBr)C(=O)[C@@]12Cl. The summed E-state index contributed by atoms with van der Waals surface area (Å²) in [5.74, 6) is -7.39. The van der Waals surface area contributed by atoms with E-state index in [2.05, 4.69) is 15.9 Å². The maximum Gasteiger partial charge on any atom is 0.305 e. The summed E-state index contributed by atoms with van der Waals surface area (Å²) in [5, 5.41) is 19.4. The molecular weight excluding hydrogens is 635 g/mol. The molecule has 1 aromatic carbocycles. The number of phenols is 1. The number of aromatic hydroxyl groups is 1. The first-order chi connectivity index (χ1) is 18.9. The molecule has 4 amide bonds. The van der Waals surface area contributed by atoms with Crippen LogP contribution in [0.1, 0.15) is 30.7 Å². The Labute approximate surface area is 247 Å². The number of carboxylic acid groups (broad SMARTS) is 1. The summed E-state index contributed by atoms with van der Waals surface area (Å²) in [6, 6.07) is 2.62. The second-order valence-corrected chi connectivity index (χ2v) is 12.0. The Bertz CT molecular complexity index is 1360. The predicted octanol–water partition coefficient (Wildman–Crippen LogP) is 2.60. The molecule has 3 fully saturated rings. The number of allylic oxidation sites excluding steroid dienone is 2. The van der Waals surface area contributed by atoms with Crippen LogP contribution >= 0.6 is 39.1 Å². The first-order valence-corrected chi connectivity index (χ1v) is 14.3. The van der Waals surface area contributed by atoms with E-state index in [9.17, 15) is 29.1 Å². The van der Waals surface area contributed by atoms with E-state index in [4.69, 9.17) is 37.8 Å². The number of carboxylic acids is 1. The summed E-state index contributed by atoms with van der Waals surface area (Å²) in [6.07, 6.45) is 1.23. The van der Waals surface area contributed by atoms with Crippen molar-refractivity contribution in [2.75, 3.05) is 26.2 Å². The fourth-order valence-corrected chi connectivity index (χ4v) is 8.18. The number of aliphatic carboxylic acids is 1. The van der Waals surface area contributed by atoms with Crippen LogP contribution in [0.3, 0.4) is 0 Å². The lowest BCUT2D eigenvalue weighted by molar-refractivity contribution is -0.143. The fourth-order valence-electron chi connectivity index (χ4n) is 6.77. The third kappa shape index (κ3) is 3.71. The van der Waals surface area contributed by atoms with Crippen LogP contribution in [-0.2, 0) is 24.0 Å². The summed E-state index contributed by atoms with van der Waals surface area (Å²) in [6.45, 7) is -0.286. The third-order valence-electron chi connectivity index (χ3n) is 8.47.